The lowest BCUT2D eigenvalue weighted by Gasteiger charge is -2.16. The molecule has 3 atom stereocenters. The molecular formula is C16H20F3N5O. The molecule has 3 N–H and O–H groups in total. The molecule has 0 radical (unpaired) electrons. The minimum Gasteiger partial charge on any atom is -0.393 e. The van der Waals surface area contributed by atoms with Crippen molar-refractivity contribution >= 4 is 5.82 Å². The van der Waals surface area contributed by atoms with Crippen LogP contribution >= 0.6 is 0 Å². The van der Waals surface area contributed by atoms with Crippen LogP contribution in [-0.4, -0.2) is 37.9 Å². The van der Waals surface area contributed by atoms with E-state index < -0.39 is 18.0 Å². The third kappa shape index (κ3) is 4.09. The molecule has 0 bridgehead atoms. The van der Waals surface area contributed by atoms with E-state index in [2.05, 4.69) is 25.5 Å². The topological polar surface area (TPSA) is 86.7 Å². The number of hydrogen-bond donors (Lipinski definition) is 3. The zero-order chi connectivity index (χ0) is 18.0. The molecule has 0 spiro atoms. The van der Waals surface area contributed by atoms with Gasteiger partial charge in [-0.25, -0.2) is 9.97 Å². The molecule has 1 saturated carbocycles. The number of nitrogens with zero attached hydrogens (tertiary/aromatic N) is 3. The Morgan fingerprint density at radius 2 is 2.08 bits per heavy atom. The first-order valence-corrected chi connectivity index (χ1v) is 8.24. The Hall–Kier alpha value is -2.16. The SMILES string of the molecule is CCc1nc([C@H]2C[C@H](CNc3cccc(C(F)(F)F)n3)[C@H](O)C2)n[nH]1. The van der Waals surface area contributed by atoms with E-state index >= 15 is 0 Å². The van der Waals surface area contributed by atoms with Crippen molar-refractivity contribution in [3.05, 3.63) is 35.5 Å². The molecule has 1 fully saturated rings. The number of alkyl halides is 3. The minimum atomic E-state index is -4.47. The maximum atomic E-state index is 12.7. The number of rotatable bonds is 5. The second-order valence-electron chi connectivity index (χ2n) is 6.28. The number of nitrogens with one attached hydrogen (secondary N) is 2. The van der Waals surface area contributed by atoms with Crippen molar-refractivity contribution in [1.29, 1.82) is 0 Å². The van der Waals surface area contributed by atoms with Crippen LogP contribution in [0.4, 0.5) is 19.0 Å². The fraction of sp³-hybridized carbons (Fsp3) is 0.562. The van der Waals surface area contributed by atoms with Gasteiger partial charge in [-0.3, -0.25) is 5.10 Å². The summed E-state index contributed by atoms with van der Waals surface area (Å²) in [5, 5.41) is 20.2. The Balaban J connectivity index is 1.60. The van der Waals surface area contributed by atoms with Gasteiger partial charge in [-0.2, -0.15) is 18.3 Å². The Morgan fingerprint density at radius 1 is 1.28 bits per heavy atom. The molecule has 6 nitrogen and oxygen atoms in total. The highest BCUT2D eigenvalue weighted by Crippen LogP contribution is 2.37. The number of H-pyrrole nitrogens is 1. The summed E-state index contributed by atoms with van der Waals surface area (Å²) in [6.45, 7) is 2.32. The van der Waals surface area contributed by atoms with Crippen LogP contribution in [0, 0.1) is 5.92 Å². The van der Waals surface area contributed by atoms with Crippen molar-refractivity contribution in [2.45, 2.75) is 44.4 Å². The number of pyridine rings is 1. The van der Waals surface area contributed by atoms with Gasteiger partial charge < -0.3 is 10.4 Å². The molecule has 2 aromatic rings. The molecule has 2 heterocycles. The molecule has 1 aliphatic carbocycles. The number of aromatic amines is 1. The Bertz CT molecular complexity index is 718. The van der Waals surface area contributed by atoms with Gasteiger partial charge in [0.25, 0.3) is 0 Å². The Kier molecular flexibility index (Phi) is 4.94. The number of anilines is 1. The Labute approximate surface area is 142 Å². The monoisotopic (exact) mass is 355 g/mol. The van der Waals surface area contributed by atoms with Crippen LogP contribution in [0.25, 0.3) is 0 Å². The normalized spacial score (nSPS) is 23.8. The lowest BCUT2D eigenvalue weighted by atomic mass is 10.0. The van der Waals surface area contributed by atoms with Crippen LogP contribution in [-0.2, 0) is 12.6 Å². The molecule has 0 aliphatic heterocycles. The van der Waals surface area contributed by atoms with Gasteiger partial charge in [-0.1, -0.05) is 13.0 Å². The largest absolute Gasteiger partial charge is 0.433 e. The van der Waals surface area contributed by atoms with Gasteiger partial charge in [0.05, 0.1) is 6.10 Å². The average Bonchev–Trinajstić information content (AvgIpc) is 3.19. The van der Waals surface area contributed by atoms with Crippen LogP contribution in [0.2, 0.25) is 0 Å². The summed E-state index contributed by atoms with van der Waals surface area (Å²) < 4.78 is 38.1. The first-order valence-electron chi connectivity index (χ1n) is 8.24. The second kappa shape index (κ2) is 6.99. The second-order valence-corrected chi connectivity index (χ2v) is 6.28. The molecule has 2 aromatic heterocycles. The highest BCUT2D eigenvalue weighted by Gasteiger charge is 2.36. The summed E-state index contributed by atoms with van der Waals surface area (Å²) in [6, 6.07) is 3.73. The van der Waals surface area contributed by atoms with Crippen molar-refractivity contribution in [1.82, 2.24) is 20.2 Å². The molecule has 0 aromatic carbocycles. The van der Waals surface area contributed by atoms with Gasteiger partial charge in [0.1, 0.15) is 17.3 Å². The molecule has 3 rings (SSSR count). The molecule has 9 heteroatoms. The van der Waals surface area contributed by atoms with Crippen LogP contribution in [0.5, 0.6) is 0 Å². The fourth-order valence-corrected chi connectivity index (χ4v) is 3.11. The van der Waals surface area contributed by atoms with Gasteiger partial charge in [0.2, 0.25) is 0 Å². The van der Waals surface area contributed by atoms with E-state index in [1.165, 1.54) is 12.1 Å². The predicted molar refractivity (Wildman–Crippen MR) is 85.0 cm³/mol. The molecule has 25 heavy (non-hydrogen) atoms. The third-order valence-corrected chi connectivity index (χ3v) is 4.49. The smallest absolute Gasteiger partial charge is 0.393 e. The van der Waals surface area contributed by atoms with Crippen molar-refractivity contribution in [3.8, 4) is 0 Å². The first kappa shape index (κ1) is 17.7. The summed E-state index contributed by atoms with van der Waals surface area (Å²) in [5.41, 5.74) is -0.935. The van der Waals surface area contributed by atoms with Crippen molar-refractivity contribution in [3.63, 3.8) is 0 Å². The summed E-state index contributed by atoms with van der Waals surface area (Å²) >= 11 is 0. The van der Waals surface area contributed by atoms with E-state index in [0.29, 0.717) is 25.2 Å². The third-order valence-electron chi connectivity index (χ3n) is 4.49. The molecule has 136 valence electrons. The predicted octanol–water partition coefficient (Wildman–Crippen LogP) is 2.75. The lowest BCUT2D eigenvalue weighted by molar-refractivity contribution is -0.141. The number of hydrogen-bond acceptors (Lipinski definition) is 5. The van der Waals surface area contributed by atoms with Gasteiger partial charge in [-0.05, 0) is 25.0 Å². The van der Waals surface area contributed by atoms with Crippen molar-refractivity contribution in [2.75, 3.05) is 11.9 Å². The number of aryl methyl sites for hydroxylation is 1. The minimum absolute atomic E-state index is 0.0489. The van der Waals surface area contributed by atoms with Gasteiger partial charge in [0, 0.05) is 24.8 Å². The van der Waals surface area contributed by atoms with Crippen molar-refractivity contribution < 1.29 is 18.3 Å². The standard InChI is InChI=1S/C16H20F3N5O/c1-2-13-22-15(24-23-13)9-6-10(11(25)7-9)8-20-14-5-3-4-12(21-14)16(17,18)19/h3-5,9-11,25H,2,6-8H2,1H3,(H,20,21)(H,22,23,24)/t9-,10+,11+/m0/s1. The van der Waals surface area contributed by atoms with Gasteiger partial charge in [0.15, 0.2) is 5.82 Å². The van der Waals surface area contributed by atoms with Crippen LogP contribution in [0.3, 0.4) is 0 Å². The van der Waals surface area contributed by atoms with E-state index in [1.54, 1.807) is 0 Å². The number of aliphatic hydroxyl groups is 1. The maximum Gasteiger partial charge on any atom is 0.433 e. The maximum absolute atomic E-state index is 12.7. The van der Waals surface area contributed by atoms with E-state index in [-0.39, 0.29) is 17.7 Å². The number of aliphatic hydroxyl groups excluding tert-OH is 1. The zero-order valence-corrected chi connectivity index (χ0v) is 13.7. The number of aromatic nitrogens is 4. The molecule has 0 unspecified atom stereocenters. The molecule has 0 amide bonds. The van der Waals surface area contributed by atoms with Gasteiger partial charge in [-0.15, -0.1) is 0 Å². The summed E-state index contributed by atoms with van der Waals surface area (Å²) in [7, 11) is 0. The van der Waals surface area contributed by atoms with E-state index in [1.807, 2.05) is 6.92 Å². The lowest BCUT2D eigenvalue weighted by Crippen LogP contribution is -2.22. The summed E-state index contributed by atoms with van der Waals surface area (Å²) in [5.74, 6) is 1.60. The highest BCUT2D eigenvalue weighted by atomic mass is 19.4. The summed E-state index contributed by atoms with van der Waals surface area (Å²) in [6.07, 6.45) is -3.04. The van der Waals surface area contributed by atoms with Crippen LogP contribution in [0.15, 0.2) is 18.2 Å². The Morgan fingerprint density at radius 3 is 2.76 bits per heavy atom. The molecule has 0 saturated heterocycles. The van der Waals surface area contributed by atoms with Crippen molar-refractivity contribution in [2.24, 2.45) is 5.92 Å². The first-order chi connectivity index (χ1) is 11.9. The van der Waals surface area contributed by atoms with E-state index in [4.69, 9.17) is 0 Å². The molecule has 1 aliphatic rings. The van der Waals surface area contributed by atoms with Gasteiger partial charge >= 0.3 is 6.18 Å². The molecular weight excluding hydrogens is 335 g/mol. The zero-order valence-electron chi connectivity index (χ0n) is 13.7. The quantitative estimate of drug-likeness (QED) is 0.768. The van der Waals surface area contributed by atoms with Crippen LogP contribution < -0.4 is 5.32 Å². The number of halogens is 3. The van der Waals surface area contributed by atoms with E-state index in [0.717, 1.165) is 18.3 Å². The fourth-order valence-electron chi connectivity index (χ4n) is 3.11. The van der Waals surface area contributed by atoms with Crippen LogP contribution in [0.1, 0.15) is 43.0 Å². The average molecular weight is 355 g/mol. The highest BCUT2D eigenvalue weighted by molar-refractivity contribution is 5.36. The summed E-state index contributed by atoms with van der Waals surface area (Å²) in [4.78, 5) is 7.98. The van der Waals surface area contributed by atoms with E-state index in [9.17, 15) is 18.3 Å².